The number of rotatable bonds is 7. The molecule has 104 valence electrons. The van der Waals surface area contributed by atoms with E-state index in [4.69, 9.17) is 0 Å². The molecule has 2 rings (SSSR count). The summed E-state index contributed by atoms with van der Waals surface area (Å²) in [6, 6.07) is 1.88. The van der Waals surface area contributed by atoms with Crippen LogP contribution in [0.1, 0.15) is 42.3 Å². The third-order valence-electron chi connectivity index (χ3n) is 3.62. The molecule has 1 aromatic heterocycles. The minimum absolute atomic E-state index is 0.338. The van der Waals surface area contributed by atoms with Crippen molar-refractivity contribution in [2.75, 3.05) is 17.2 Å². The first kappa shape index (κ1) is 14.6. The second-order valence-electron chi connectivity index (χ2n) is 4.87. The first-order valence-corrected chi connectivity index (χ1v) is 8.24. The standard InChI is InChI=1S/C14H19NO2S2/c1-2-10(5-3-4-7-18)9-15-11-6-8-19-13(11)12(16)14(15)17/h6,8,10,18H,2-5,7,9H2,1H3. The molecule has 0 N–H and O–H groups in total. The topological polar surface area (TPSA) is 37.4 Å². The Kier molecular flexibility index (Phi) is 5.05. The molecule has 5 heteroatoms. The zero-order chi connectivity index (χ0) is 13.8. The molecule has 0 radical (unpaired) electrons. The van der Waals surface area contributed by atoms with Crippen molar-refractivity contribution in [2.45, 2.75) is 32.6 Å². The van der Waals surface area contributed by atoms with Gasteiger partial charge < -0.3 is 4.90 Å². The van der Waals surface area contributed by atoms with E-state index < -0.39 is 0 Å². The molecule has 0 saturated carbocycles. The summed E-state index contributed by atoms with van der Waals surface area (Å²) in [5.74, 6) is 0.680. The molecule has 1 unspecified atom stereocenters. The first-order valence-electron chi connectivity index (χ1n) is 6.73. The molecule has 0 bridgehead atoms. The highest BCUT2D eigenvalue weighted by atomic mass is 32.1. The summed E-state index contributed by atoms with van der Waals surface area (Å²) in [6.45, 7) is 2.81. The highest BCUT2D eigenvalue weighted by Gasteiger charge is 2.37. The quantitative estimate of drug-likeness (QED) is 0.476. The highest BCUT2D eigenvalue weighted by molar-refractivity contribution is 7.80. The van der Waals surface area contributed by atoms with Gasteiger partial charge in [0.15, 0.2) is 0 Å². The van der Waals surface area contributed by atoms with Crippen LogP contribution in [0.5, 0.6) is 0 Å². The first-order chi connectivity index (χ1) is 9.19. The van der Waals surface area contributed by atoms with Gasteiger partial charge in [0.1, 0.15) is 4.88 Å². The van der Waals surface area contributed by atoms with Gasteiger partial charge in [0.05, 0.1) is 5.69 Å². The predicted molar refractivity (Wildman–Crippen MR) is 82.5 cm³/mol. The third kappa shape index (κ3) is 3.03. The number of Topliss-reactive ketones (excluding diaryl/α,β-unsaturated/α-hetero) is 1. The Balaban J connectivity index is 2.02. The maximum Gasteiger partial charge on any atom is 0.300 e. The molecule has 0 aliphatic carbocycles. The van der Waals surface area contributed by atoms with E-state index >= 15 is 0 Å². The van der Waals surface area contributed by atoms with E-state index in [2.05, 4.69) is 19.6 Å². The fourth-order valence-electron chi connectivity index (χ4n) is 2.42. The Bertz CT molecular complexity index is 470. The van der Waals surface area contributed by atoms with E-state index in [9.17, 15) is 9.59 Å². The monoisotopic (exact) mass is 297 g/mol. The fraction of sp³-hybridized carbons (Fsp3) is 0.571. The van der Waals surface area contributed by atoms with Crippen LogP contribution in [0.2, 0.25) is 0 Å². The van der Waals surface area contributed by atoms with Crippen LogP contribution in [0, 0.1) is 5.92 Å². The van der Waals surface area contributed by atoms with E-state index in [1.54, 1.807) is 4.90 Å². The van der Waals surface area contributed by atoms with Crippen molar-refractivity contribution in [1.82, 2.24) is 0 Å². The summed E-state index contributed by atoms with van der Waals surface area (Å²) in [4.78, 5) is 26.1. The number of thiophene rings is 1. The number of amides is 1. The Hall–Kier alpha value is -0.810. The molecular weight excluding hydrogens is 278 g/mol. The second-order valence-corrected chi connectivity index (χ2v) is 6.24. The maximum absolute atomic E-state index is 12.0. The number of unbranched alkanes of at least 4 members (excludes halogenated alkanes) is 1. The number of fused-ring (bicyclic) bond motifs is 1. The highest BCUT2D eigenvalue weighted by Crippen LogP contribution is 2.34. The van der Waals surface area contributed by atoms with Gasteiger partial charge in [-0.05, 0) is 36.0 Å². The number of ketones is 1. The van der Waals surface area contributed by atoms with Crippen molar-refractivity contribution in [3.8, 4) is 0 Å². The van der Waals surface area contributed by atoms with Gasteiger partial charge in [-0.25, -0.2) is 0 Å². The van der Waals surface area contributed by atoms with E-state index in [0.29, 0.717) is 17.3 Å². The Morgan fingerprint density at radius 2 is 2.16 bits per heavy atom. The SMILES string of the molecule is CCC(CCCCS)CN1C(=O)C(=O)c2sccc21. The Morgan fingerprint density at radius 3 is 2.84 bits per heavy atom. The summed E-state index contributed by atoms with van der Waals surface area (Å²) >= 11 is 5.58. The van der Waals surface area contributed by atoms with E-state index in [-0.39, 0.29) is 11.7 Å². The molecule has 1 atom stereocenters. The Labute approximate surface area is 123 Å². The van der Waals surface area contributed by atoms with Gasteiger partial charge in [-0.1, -0.05) is 19.8 Å². The molecule has 1 aliphatic heterocycles. The Morgan fingerprint density at radius 1 is 1.37 bits per heavy atom. The summed E-state index contributed by atoms with van der Waals surface area (Å²) < 4.78 is 0. The lowest BCUT2D eigenvalue weighted by Crippen LogP contribution is -2.34. The molecule has 1 amide bonds. The minimum atomic E-state index is -0.352. The van der Waals surface area contributed by atoms with Crippen LogP contribution in [0.25, 0.3) is 0 Å². The molecule has 2 heterocycles. The van der Waals surface area contributed by atoms with Crippen molar-refractivity contribution >= 4 is 41.3 Å². The van der Waals surface area contributed by atoms with Crippen molar-refractivity contribution in [2.24, 2.45) is 5.92 Å². The molecule has 0 saturated heterocycles. The van der Waals surface area contributed by atoms with Gasteiger partial charge in [-0.3, -0.25) is 9.59 Å². The molecule has 1 aliphatic rings. The number of carbonyl (C=O) groups is 2. The smallest absolute Gasteiger partial charge is 0.300 e. The fourth-order valence-corrected chi connectivity index (χ4v) is 3.47. The normalized spacial score (nSPS) is 16.0. The summed E-state index contributed by atoms with van der Waals surface area (Å²) in [5, 5.41) is 1.88. The lowest BCUT2D eigenvalue weighted by Gasteiger charge is -2.22. The number of anilines is 1. The van der Waals surface area contributed by atoms with Crippen LogP contribution in [0.4, 0.5) is 5.69 Å². The lowest BCUT2D eigenvalue weighted by atomic mass is 9.99. The van der Waals surface area contributed by atoms with Crippen molar-refractivity contribution in [3.05, 3.63) is 16.3 Å². The van der Waals surface area contributed by atoms with Gasteiger partial charge in [0, 0.05) is 6.54 Å². The molecule has 0 aromatic carbocycles. The largest absolute Gasteiger partial charge is 0.304 e. The van der Waals surface area contributed by atoms with Gasteiger partial charge in [-0.2, -0.15) is 12.6 Å². The number of thiol groups is 1. The van der Waals surface area contributed by atoms with E-state index in [1.165, 1.54) is 11.3 Å². The van der Waals surface area contributed by atoms with E-state index in [0.717, 1.165) is 37.1 Å². The van der Waals surface area contributed by atoms with Crippen LogP contribution in [0.3, 0.4) is 0 Å². The van der Waals surface area contributed by atoms with Crippen LogP contribution < -0.4 is 4.90 Å². The van der Waals surface area contributed by atoms with Gasteiger partial charge in [0.25, 0.3) is 11.7 Å². The van der Waals surface area contributed by atoms with Gasteiger partial charge >= 0.3 is 0 Å². The average molecular weight is 297 g/mol. The second kappa shape index (κ2) is 6.57. The van der Waals surface area contributed by atoms with Crippen LogP contribution in [0.15, 0.2) is 11.4 Å². The number of hydrogen-bond donors (Lipinski definition) is 1. The van der Waals surface area contributed by atoms with Crippen molar-refractivity contribution < 1.29 is 9.59 Å². The zero-order valence-electron chi connectivity index (χ0n) is 11.1. The predicted octanol–water partition coefficient (Wildman–Crippen LogP) is 3.40. The maximum atomic E-state index is 12.0. The summed E-state index contributed by atoms with van der Waals surface area (Å²) in [7, 11) is 0. The zero-order valence-corrected chi connectivity index (χ0v) is 12.8. The number of nitrogens with zero attached hydrogens (tertiary/aromatic N) is 1. The van der Waals surface area contributed by atoms with Crippen molar-refractivity contribution in [3.63, 3.8) is 0 Å². The minimum Gasteiger partial charge on any atom is -0.304 e. The van der Waals surface area contributed by atoms with Gasteiger partial charge in [0.2, 0.25) is 0 Å². The molecule has 0 fully saturated rings. The van der Waals surface area contributed by atoms with Crippen LogP contribution in [-0.2, 0) is 4.79 Å². The summed E-state index contributed by atoms with van der Waals surface area (Å²) in [5.41, 5.74) is 0.813. The average Bonchev–Trinajstić information content (AvgIpc) is 2.97. The molecule has 0 spiro atoms. The van der Waals surface area contributed by atoms with Crippen LogP contribution >= 0.6 is 24.0 Å². The van der Waals surface area contributed by atoms with Crippen molar-refractivity contribution in [1.29, 1.82) is 0 Å². The third-order valence-corrected chi connectivity index (χ3v) is 4.84. The molecule has 3 nitrogen and oxygen atoms in total. The van der Waals surface area contributed by atoms with E-state index in [1.807, 2.05) is 11.4 Å². The van der Waals surface area contributed by atoms with Crippen LogP contribution in [-0.4, -0.2) is 24.0 Å². The summed E-state index contributed by atoms with van der Waals surface area (Å²) in [6.07, 6.45) is 4.36. The van der Waals surface area contributed by atoms with Gasteiger partial charge in [-0.15, -0.1) is 11.3 Å². The number of hydrogen-bond acceptors (Lipinski definition) is 4. The number of carbonyl (C=O) groups excluding carboxylic acids is 2. The molecular formula is C14H19NO2S2. The lowest BCUT2D eigenvalue weighted by molar-refractivity contribution is -0.114. The molecule has 19 heavy (non-hydrogen) atoms. The molecule has 1 aromatic rings.